The van der Waals surface area contributed by atoms with Gasteiger partial charge in [0.25, 0.3) is 0 Å². The van der Waals surface area contributed by atoms with E-state index in [1.165, 1.54) is 25.7 Å². The minimum atomic E-state index is -0.170. The Labute approximate surface area is 88.0 Å². The van der Waals surface area contributed by atoms with Crippen LogP contribution in [0.3, 0.4) is 0 Å². The summed E-state index contributed by atoms with van der Waals surface area (Å²) >= 11 is 0. The molecule has 83 valence electrons. The van der Waals surface area contributed by atoms with Gasteiger partial charge >= 0.3 is 5.97 Å². The SMILES string of the molecule is [CH2]C(CCCCCCC)C(=O)OCC. The summed E-state index contributed by atoms with van der Waals surface area (Å²) < 4.78 is 4.88. The molecule has 14 heavy (non-hydrogen) atoms. The summed E-state index contributed by atoms with van der Waals surface area (Å²) in [5.41, 5.74) is 0. The second-order valence-electron chi connectivity index (χ2n) is 3.65. The zero-order valence-corrected chi connectivity index (χ0v) is 9.55. The average Bonchev–Trinajstić information content (AvgIpc) is 2.17. The van der Waals surface area contributed by atoms with Gasteiger partial charge in [-0.3, -0.25) is 4.79 Å². The Bertz CT molecular complexity index is 143. The van der Waals surface area contributed by atoms with Crippen molar-refractivity contribution in [1.82, 2.24) is 0 Å². The van der Waals surface area contributed by atoms with Gasteiger partial charge in [-0.1, -0.05) is 39.0 Å². The van der Waals surface area contributed by atoms with Gasteiger partial charge in [-0.05, 0) is 20.3 Å². The van der Waals surface area contributed by atoms with Crippen molar-refractivity contribution in [2.75, 3.05) is 6.61 Å². The minimum Gasteiger partial charge on any atom is -0.466 e. The molecule has 0 saturated carbocycles. The van der Waals surface area contributed by atoms with Crippen molar-refractivity contribution >= 4 is 5.97 Å². The summed E-state index contributed by atoms with van der Waals surface area (Å²) in [6, 6.07) is 0. The van der Waals surface area contributed by atoms with Crippen molar-refractivity contribution < 1.29 is 9.53 Å². The van der Waals surface area contributed by atoms with Gasteiger partial charge in [-0.2, -0.15) is 0 Å². The summed E-state index contributed by atoms with van der Waals surface area (Å²) in [6.45, 7) is 8.28. The lowest BCUT2D eigenvalue weighted by Gasteiger charge is -2.09. The van der Waals surface area contributed by atoms with Gasteiger partial charge in [0.05, 0.1) is 12.5 Å². The highest BCUT2D eigenvalue weighted by Gasteiger charge is 2.12. The zero-order valence-electron chi connectivity index (χ0n) is 9.55. The number of hydrogen-bond donors (Lipinski definition) is 0. The van der Waals surface area contributed by atoms with E-state index in [9.17, 15) is 4.79 Å². The van der Waals surface area contributed by atoms with Crippen molar-refractivity contribution in [2.24, 2.45) is 5.92 Å². The van der Waals surface area contributed by atoms with Gasteiger partial charge < -0.3 is 4.74 Å². The highest BCUT2D eigenvalue weighted by molar-refractivity contribution is 5.72. The van der Waals surface area contributed by atoms with Gasteiger partial charge in [0.15, 0.2) is 0 Å². The van der Waals surface area contributed by atoms with Crippen LogP contribution in [0.1, 0.15) is 52.4 Å². The van der Waals surface area contributed by atoms with E-state index < -0.39 is 0 Å². The molecule has 0 rings (SSSR count). The summed E-state index contributed by atoms with van der Waals surface area (Å²) in [5, 5.41) is 0. The Morgan fingerprint density at radius 1 is 1.21 bits per heavy atom. The van der Waals surface area contributed by atoms with Crippen LogP contribution in [0.25, 0.3) is 0 Å². The molecule has 2 heteroatoms. The second kappa shape index (κ2) is 9.04. The lowest BCUT2D eigenvalue weighted by atomic mass is 10.0. The van der Waals surface area contributed by atoms with Crippen LogP contribution in [0.15, 0.2) is 0 Å². The van der Waals surface area contributed by atoms with Crippen LogP contribution in [0.2, 0.25) is 0 Å². The molecule has 1 atom stereocenters. The van der Waals surface area contributed by atoms with Gasteiger partial charge in [0.2, 0.25) is 0 Å². The molecule has 0 heterocycles. The fourth-order valence-corrected chi connectivity index (χ4v) is 1.37. The van der Waals surface area contributed by atoms with E-state index in [2.05, 4.69) is 13.8 Å². The van der Waals surface area contributed by atoms with Crippen LogP contribution >= 0.6 is 0 Å². The number of ether oxygens (including phenoxy) is 1. The molecule has 0 aromatic carbocycles. The summed E-state index contributed by atoms with van der Waals surface area (Å²) in [5.74, 6) is -0.320. The number of carbonyl (C=O) groups is 1. The van der Waals surface area contributed by atoms with Gasteiger partial charge in [0.1, 0.15) is 0 Å². The summed E-state index contributed by atoms with van der Waals surface area (Å²) in [4.78, 5) is 11.2. The monoisotopic (exact) mass is 199 g/mol. The van der Waals surface area contributed by atoms with Crippen LogP contribution in [0, 0.1) is 12.8 Å². The lowest BCUT2D eigenvalue weighted by molar-refractivity contribution is -0.146. The van der Waals surface area contributed by atoms with Crippen LogP contribution in [-0.4, -0.2) is 12.6 Å². The zero-order chi connectivity index (χ0) is 10.8. The molecular formula is C12H23O2. The molecular weight excluding hydrogens is 176 g/mol. The minimum absolute atomic E-state index is 0.150. The van der Waals surface area contributed by atoms with Crippen LogP contribution in [0.5, 0.6) is 0 Å². The van der Waals surface area contributed by atoms with E-state index in [1.807, 2.05) is 6.92 Å². The summed E-state index contributed by atoms with van der Waals surface area (Å²) in [7, 11) is 0. The third kappa shape index (κ3) is 6.93. The van der Waals surface area contributed by atoms with Crippen LogP contribution in [-0.2, 0) is 9.53 Å². The summed E-state index contributed by atoms with van der Waals surface area (Å²) in [6.07, 6.45) is 6.98. The Hall–Kier alpha value is -0.530. The third-order valence-electron chi connectivity index (χ3n) is 2.28. The predicted octanol–water partition coefficient (Wildman–Crippen LogP) is 3.36. The lowest BCUT2D eigenvalue weighted by Crippen LogP contribution is -2.14. The Morgan fingerprint density at radius 3 is 2.43 bits per heavy atom. The van der Waals surface area contributed by atoms with E-state index in [1.54, 1.807) is 0 Å². The van der Waals surface area contributed by atoms with Gasteiger partial charge in [0, 0.05) is 0 Å². The van der Waals surface area contributed by atoms with E-state index in [0.717, 1.165) is 12.8 Å². The van der Waals surface area contributed by atoms with E-state index in [0.29, 0.717) is 6.61 Å². The highest BCUT2D eigenvalue weighted by Crippen LogP contribution is 2.12. The first-order chi connectivity index (χ1) is 6.72. The average molecular weight is 199 g/mol. The fourth-order valence-electron chi connectivity index (χ4n) is 1.37. The Morgan fingerprint density at radius 2 is 1.86 bits per heavy atom. The predicted molar refractivity (Wildman–Crippen MR) is 58.9 cm³/mol. The number of esters is 1. The number of carbonyl (C=O) groups excluding carboxylic acids is 1. The first-order valence-electron chi connectivity index (χ1n) is 5.72. The van der Waals surface area contributed by atoms with E-state index in [4.69, 9.17) is 4.74 Å². The first kappa shape index (κ1) is 13.5. The molecule has 0 aromatic rings. The maximum atomic E-state index is 11.2. The number of rotatable bonds is 8. The molecule has 0 spiro atoms. The van der Waals surface area contributed by atoms with Crippen LogP contribution < -0.4 is 0 Å². The molecule has 0 aliphatic heterocycles. The molecule has 1 radical (unpaired) electrons. The highest BCUT2D eigenvalue weighted by atomic mass is 16.5. The van der Waals surface area contributed by atoms with Crippen molar-refractivity contribution in [3.63, 3.8) is 0 Å². The molecule has 0 bridgehead atoms. The van der Waals surface area contributed by atoms with Crippen molar-refractivity contribution in [3.05, 3.63) is 6.92 Å². The molecule has 0 saturated heterocycles. The number of unbranched alkanes of at least 4 members (excludes halogenated alkanes) is 4. The molecule has 0 N–H and O–H groups in total. The molecule has 1 unspecified atom stereocenters. The van der Waals surface area contributed by atoms with E-state index >= 15 is 0 Å². The van der Waals surface area contributed by atoms with Crippen molar-refractivity contribution in [3.8, 4) is 0 Å². The molecule has 0 aromatic heterocycles. The second-order valence-corrected chi connectivity index (χ2v) is 3.65. The van der Waals surface area contributed by atoms with Crippen molar-refractivity contribution in [1.29, 1.82) is 0 Å². The largest absolute Gasteiger partial charge is 0.466 e. The first-order valence-corrected chi connectivity index (χ1v) is 5.72. The van der Waals surface area contributed by atoms with Crippen LogP contribution in [0.4, 0.5) is 0 Å². The molecule has 0 fully saturated rings. The standard InChI is InChI=1S/C12H23O2/c1-4-6-7-8-9-10-11(3)12(13)14-5-2/h11H,3-10H2,1-2H3. The Balaban J connectivity index is 3.34. The molecule has 0 amide bonds. The van der Waals surface area contributed by atoms with E-state index in [-0.39, 0.29) is 11.9 Å². The maximum Gasteiger partial charge on any atom is 0.308 e. The van der Waals surface area contributed by atoms with Gasteiger partial charge in [-0.25, -0.2) is 0 Å². The molecule has 0 aliphatic rings. The fraction of sp³-hybridized carbons (Fsp3) is 0.833. The third-order valence-corrected chi connectivity index (χ3v) is 2.28. The Kier molecular flexibility index (Phi) is 8.70. The molecule has 0 aliphatic carbocycles. The number of hydrogen-bond acceptors (Lipinski definition) is 2. The normalized spacial score (nSPS) is 12.5. The molecule has 2 nitrogen and oxygen atoms in total. The smallest absolute Gasteiger partial charge is 0.308 e. The maximum absolute atomic E-state index is 11.2. The quantitative estimate of drug-likeness (QED) is 0.442. The van der Waals surface area contributed by atoms with Gasteiger partial charge in [-0.15, -0.1) is 0 Å². The topological polar surface area (TPSA) is 26.3 Å². The van der Waals surface area contributed by atoms with Crippen molar-refractivity contribution in [2.45, 2.75) is 52.4 Å².